The van der Waals surface area contributed by atoms with Gasteiger partial charge in [-0.15, -0.1) is 0 Å². The number of amides is 1. The van der Waals surface area contributed by atoms with E-state index in [1.54, 1.807) is 30.1 Å². The Kier molecular flexibility index (Phi) is 6.56. The van der Waals surface area contributed by atoms with E-state index in [1.165, 1.54) is 0 Å². The van der Waals surface area contributed by atoms with Gasteiger partial charge in [0, 0.05) is 26.6 Å². The van der Waals surface area contributed by atoms with E-state index < -0.39 is 10.0 Å². The van der Waals surface area contributed by atoms with E-state index in [-0.39, 0.29) is 23.8 Å². The standard InChI is InChI=1S/C16H26N2O3S/c1-12(2)11-18(5)16(19)8-9-17-22(20,21)15-7-6-13(3)14(4)10-15/h6-7,10,12,17H,8-9,11H2,1-5H3. The minimum absolute atomic E-state index is 0.0588. The average molecular weight is 326 g/mol. The van der Waals surface area contributed by atoms with E-state index in [4.69, 9.17) is 0 Å². The Morgan fingerprint density at radius 1 is 1.23 bits per heavy atom. The molecule has 0 fully saturated rings. The molecule has 0 aliphatic rings. The van der Waals surface area contributed by atoms with Crippen LogP contribution in [0.2, 0.25) is 0 Å². The minimum Gasteiger partial charge on any atom is -0.345 e. The van der Waals surface area contributed by atoms with Crippen LogP contribution >= 0.6 is 0 Å². The maximum Gasteiger partial charge on any atom is 0.240 e. The molecular formula is C16H26N2O3S. The first-order valence-corrected chi connectivity index (χ1v) is 8.92. The van der Waals surface area contributed by atoms with Crippen LogP contribution in [0.25, 0.3) is 0 Å². The Morgan fingerprint density at radius 3 is 2.41 bits per heavy atom. The number of hydrogen-bond donors (Lipinski definition) is 1. The van der Waals surface area contributed by atoms with Crippen LogP contribution in [0.4, 0.5) is 0 Å². The fraction of sp³-hybridized carbons (Fsp3) is 0.562. The summed E-state index contributed by atoms with van der Waals surface area (Å²) in [5, 5.41) is 0. The Hall–Kier alpha value is -1.40. The molecule has 1 aromatic rings. The van der Waals surface area contributed by atoms with Crippen LogP contribution in [0.15, 0.2) is 23.1 Å². The van der Waals surface area contributed by atoms with Gasteiger partial charge in [0.1, 0.15) is 0 Å². The first-order chi connectivity index (χ1) is 10.1. The van der Waals surface area contributed by atoms with Crippen molar-refractivity contribution in [2.24, 2.45) is 5.92 Å². The number of hydrogen-bond acceptors (Lipinski definition) is 3. The lowest BCUT2D eigenvalue weighted by Gasteiger charge is -2.19. The number of nitrogens with one attached hydrogen (secondary N) is 1. The summed E-state index contributed by atoms with van der Waals surface area (Å²) in [4.78, 5) is 13.8. The van der Waals surface area contributed by atoms with Crippen molar-refractivity contribution < 1.29 is 13.2 Å². The zero-order valence-electron chi connectivity index (χ0n) is 14.0. The van der Waals surface area contributed by atoms with E-state index in [1.807, 2.05) is 27.7 Å². The van der Waals surface area contributed by atoms with Crippen molar-refractivity contribution in [2.75, 3.05) is 20.1 Å². The summed E-state index contributed by atoms with van der Waals surface area (Å²) < 4.78 is 26.9. The second kappa shape index (κ2) is 7.74. The maximum absolute atomic E-state index is 12.2. The van der Waals surface area contributed by atoms with Crippen LogP contribution in [0.5, 0.6) is 0 Å². The monoisotopic (exact) mass is 326 g/mol. The second-order valence-corrected chi connectivity index (χ2v) is 7.83. The molecule has 0 atom stereocenters. The SMILES string of the molecule is Cc1ccc(S(=O)(=O)NCCC(=O)N(C)CC(C)C)cc1C. The molecule has 0 saturated carbocycles. The smallest absolute Gasteiger partial charge is 0.240 e. The number of rotatable bonds is 7. The number of nitrogens with zero attached hydrogens (tertiary/aromatic N) is 1. The summed E-state index contributed by atoms with van der Waals surface area (Å²) >= 11 is 0. The Balaban J connectivity index is 2.59. The average Bonchev–Trinajstić information content (AvgIpc) is 2.40. The highest BCUT2D eigenvalue weighted by molar-refractivity contribution is 7.89. The first kappa shape index (κ1) is 18.6. The van der Waals surface area contributed by atoms with E-state index >= 15 is 0 Å². The Morgan fingerprint density at radius 2 is 1.86 bits per heavy atom. The highest BCUT2D eigenvalue weighted by Crippen LogP contribution is 2.14. The lowest BCUT2D eigenvalue weighted by Crippen LogP contribution is -2.34. The van der Waals surface area contributed by atoms with E-state index in [0.717, 1.165) is 11.1 Å². The number of carbonyl (C=O) groups excluding carboxylic acids is 1. The molecule has 6 heteroatoms. The zero-order valence-corrected chi connectivity index (χ0v) is 14.8. The fourth-order valence-electron chi connectivity index (χ4n) is 2.10. The van der Waals surface area contributed by atoms with Crippen LogP contribution in [0.1, 0.15) is 31.4 Å². The largest absolute Gasteiger partial charge is 0.345 e. The third-order valence-electron chi connectivity index (χ3n) is 3.48. The molecule has 0 heterocycles. The van der Waals surface area contributed by atoms with Gasteiger partial charge in [-0.25, -0.2) is 13.1 Å². The van der Waals surface area contributed by atoms with Crippen LogP contribution in [0, 0.1) is 19.8 Å². The van der Waals surface area contributed by atoms with Crippen molar-refractivity contribution in [1.82, 2.24) is 9.62 Å². The molecule has 0 spiro atoms. The molecule has 1 amide bonds. The maximum atomic E-state index is 12.2. The molecule has 0 aliphatic heterocycles. The van der Waals surface area contributed by atoms with Crippen LogP contribution in [-0.4, -0.2) is 39.4 Å². The van der Waals surface area contributed by atoms with Crippen molar-refractivity contribution in [3.8, 4) is 0 Å². The van der Waals surface area contributed by atoms with E-state index in [2.05, 4.69) is 4.72 Å². The van der Waals surface area contributed by atoms with Gasteiger partial charge < -0.3 is 4.90 Å². The van der Waals surface area contributed by atoms with Gasteiger partial charge in [0.05, 0.1) is 4.90 Å². The summed E-state index contributed by atoms with van der Waals surface area (Å²) in [5.74, 6) is 0.331. The topological polar surface area (TPSA) is 66.5 Å². The molecular weight excluding hydrogens is 300 g/mol. The molecule has 0 bridgehead atoms. The summed E-state index contributed by atoms with van der Waals surface area (Å²) in [6.07, 6.45) is 0.160. The van der Waals surface area contributed by atoms with Gasteiger partial charge in [0.25, 0.3) is 0 Å². The van der Waals surface area contributed by atoms with Crippen molar-refractivity contribution in [3.05, 3.63) is 29.3 Å². The molecule has 5 nitrogen and oxygen atoms in total. The molecule has 124 valence electrons. The fourth-order valence-corrected chi connectivity index (χ4v) is 3.21. The normalized spacial score (nSPS) is 11.7. The van der Waals surface area contributed by atoms with Gasteiger partial charge in [-0.3, -0.25) is 4.79 Å². The zero-order chi connectivity index (χ0) is 16.9. The molecule has 0 unspecified atom stereocenters. The third-order valence-corrected chi connectivity index (χ3v) is 4.94. The van der Waals surface area contributed by atoms with Crippen molar-refractivity contribution in [1.29, 1.82) is 0 Å². The predicted octanol–water partition coefficient (Wildman–Crippen LogP) is 2.09. The van der Waals surface area contributed by atoms with Gasteiger partial charge >= 0.3 is 0 Å². The van der Waals surface area contributed by atoms with Crippen LogP contribution in [-0.2, 0) is 14.8 Å². The number of benzene rings is 1. The van der Waals surface area contributed by atoms with E-state index in [0.29, 0.717) is 12.5 Å². The predicted molar refractivity (Wildman–Crippen MR) is 88.2 cm³/mol. The lowest BCUT2D eigenvalue weighted by molar-refractivity contribution is -0.130. The van der Waals surface area contributed by atoms with Crippen LogP contribution in [0.3, 0.4) is 0 Å². The van der Waals surface area contributed by atoms with Crippen LogP contribution < -0.4 is 4.72 Å². The molecule has 0 radical (unpaired) electrons. The number of sulfonamides is 1. The van der Waals surface area contributed by atoms with E-state index in [9.17, 15) is 13.2 Å². The molecule has 1 rings (SSSR count). The Labute approximate surface area is 133 Å². The van der Waals surface area contributed by atoms with Gasteiger partial charge in [-0.05, 0) is 43.0 Å². The number of aryl methyl sites for hydroxylation is 2. The number of carbonyl (C=O) groups is 1. The second-order valence-electron chi connectivity index (χ2n) is 6.06. The molecule has 0 aromatic heterocycles. The summed E-state index contributed by atoms with van der Waals surface area (Å²) in [7, 11) is -1.83. The molecule has 1 aromatic carbocycles. The summed E-state index contributed by atoms with van der Waals surface area (Å²) in [6.45, 7) is 8.65. The minimum atomic E-state index is -3.56. The first-order valence-electron chi connectivity index (χ1n) is 7.44. The summed E-state index contributed by atoms with van der Waals surface area (Å²) in [6, 6.07) is 5.01. The molecule has 0 aliphatic carbocycles. The highest BCUT2D eigenvalue weighted by atomic mass is 32.2. The summed E-state index contributed by atoms with van der Waals surface area (Å²) in [5.41, 5.74) is 1.97. The Bertz CT molecular complexity index is 624. The van der Waals surface area contributed by atoms with Crippen molar-refractivity contribution in [2.45, 2.75) is 39.0 Å². The van der Waals surface area contributed by atoms with Gasteiger partial charge in [0.2, 0.25) is 15.9 Å². The van der Waals surface area contributed by atoms with Gasteiger partial charge in [0.15, 0.2) is 0 Å². The highest BCUT2D eigenvalue weighted by Gasteiger charge is 2.16. The molecule has 0 saturated heterocycles. The van der Waals surface area contributed by atoms with Crippen molar-refractivity contribution in [3.63, 3.8) is 0 Å². The third kappa shape index (κ3) is 5.42. The lowest BCUT2D eigenvalue weighted by atomic mass is 10.1. The van der Waals surface area contributed by atoms with Crippen molar-refractivity contribution >= 4 is 15.9 Å². The molecule has 1 N–H and O–H groups in total. The molecule has 22 heavy (non-hydrogen) atoms. The van der Waals surface area contributed by atoms with Gasteiger partial charge in [-0.2, -0.15) is 0 Å². The quantitative estimate of drug-likeness (QED) is 0.834. The van der Waals surface area contributed by atoms with Gasteiger partial charge in [-0.1, -0.05) is 19.9 Å².